The van der Waals surface area contributed by atoms with Gasteiger partial charge in [-0.2, -0.15) is 10.5 Å². The van der Waals surface area contributed by atoms with Crippen molar-refractivity contribution in [1.82, 2.24) is 0 Å². The van der Waals surface area contributed by atoms with Crippen LogP contribution in [0.4, 0.5) is 0 Å². The highest BCUT2D eigenvalue weighted by Gasteiger charge is 2.70. The first-order valence-electron chi connectivity index (χ1n) is 9.77. The summed E-state index contributed by atoms with van der Waals surface area (Å²) < 4.78 is 0. The predicted molar refractivity (Wildman–Crippen MR) is 108 cm³/mol. The Balaban J connectivity index is 0.000000277. The number of carboxylic acid groups (broad SMARTS) is 1. The molecule has 2 saturated carbocycles. The number of carbonyl (C=O) groups is 1. The quantitative estimate of drug-likeness (QED) is 0.555. The third-order valence-electron chi connectivity index (χ3n) is 6.14. The molecule has 27 heavy (non-hydrogen) atoms. The van der Waals surface area contributed by atoms with Crippen LogP contribution in [0.1, 0.15) is 80.1 Å². The van der Waals surface area contributed by atoms with Crippen LogP contribution in [0.2, 0.25) is 0 Å². The number of hydrogen-bond donors (Lipinski definition) is 1. The summed E-state index contributed by atoms with van der Waals surface area (Å²) in [4.78, 5) is 11.0. The average Bonchev–Trinajstić information content (AvgIpc) is 3.40. The van der Waals surface area contributed by atoms with E-state index in [0.717, 1.165) is 25.7 Å². The highest BCUT2D eigenvalue weighted by atomic mass is 16.4. The summed E-state index contributed by atoms with van der Waals surface area (Å²) in [5, 5.41) is 26.6. The van der Waals surface area contributed by atoms with Gasteiger partial charge >= 0.3 is 5.97 Å². The molecule has 0 aromatic carbocycles. The van der Waals surface area contributed by atoms with Crippen molar-refractivity contribution in [3.05, 3.63) is 23.3 Å². The lowest BCUT2D eigenvalue weighted by molar-refractivity contribution is -0.142. The Labute approximate surface area is 164 Å². The number of nitrogens with zero attached hydrogens (tertiary/aromatic N) is 2. The van der Waals surface area contributed by atoms with E-state index in [1.807, 2.05) is 26.8 Å². The molecule has 0 bridgehead atoms. The summed E-state index contributed by atoms with van der Waals surface area (Å²) in [7, 11) is 0. The Hall–Kier alpha value is -2.07. The second-order valence-electron chi connectivity index (χ2n) is 9.24. The lowest BCUT2D eigenvalue weighted by atomic mass is 9.91. The average molecular weight is 371 g/mol. The van der Waals surface area contributed by atoms with Crippen LogP contribution < -0.4 is 0 Å². The van der Waals surface area contributed by atoms with Gasteiger partial charge in [-0.1, -0.05) is 37.1 Å². The van der Waals surface area contributed by atoms with Gasteiger partial charge in [-0.05, 0) is 77.0 Å². The fraction of sp³-hybridized carbons (Fsp3) is 0.696. The molecule has 4 heteroatoms. The molecule has 0 aromatic rings. The highest BCUT2D eigenvalue weighted by molar-refractivity contribution is 5.83. The van der Waals surface area contributed by atoms with E-state index < -0.39 is 11.4 Å². The summed E-state index contributed by atoms with van der Waals surface area (Å²) in [5.41, 5.74) is 1.51. The van der Waals surface area contributed by atoms with Crippen LogP contribution in [-0.2, 0) is 4.79 Å². The lowest BCUT2D eigenvalue weighted by Gasteiger charge is -2.11. The molecule has 4 nitrogen and oxygen atoms in total. The summed E-state index contributed by atoms with van der Waals surface area (Å²) in [6.07, 6.45) is 9.90. The summed E-state index contributed by atoms with van der Waals surface area (Å²) >= 11 is 0. The fourth-order valence-corrected chi connectivity index (χ4v) is 3.65. The zero-order chi connectivity index (χ0) is 20.9. The fourth-order valence-electron chi connectivity index (χ4n) is 3.65. The summed E-state index contributed by atoms with van der Waals surface area (Å²) in [6.45, 7) is 12.4. The molecule has 0 aromatic heterocycles. The SMILES string of the molecule is CC(C)=CCCC1(C)CC1(C#N)C(=O)O.CC(C)=CCCC1(C)CC1C#N. The monoisotopic (exact) mass is 370 g/mol. The Bertz CT molecular complexity index is 701. The van der Waals surface area contributed by atoms with Gasteiger partial charge in [0.15, 0.2) is 5.41 Å². The minimum absolute atomic E-state index is 0.334. The molecule has 0 saturated heterocycles. The molecule has 4 unspecified atom stereocenters. The normalized spacial score (nSPS) is 32.7. The first kappa shape index (κ1) is 23.0. The predicted octanol–water partition coefficient (Wildman–Crippen LogP) is 6.02. The van der Waals surface area contributed by atoms with E-state index in [4.69, 9.17) is 15.6 Å². The molecule has 1 N–H and O–H groups in total. The van der Waals surface area contributed by atoms with E-state index in [1.165, 1.54) is 17.6 Å². The molecule has 0 radical (unpaired) electrons. The van der Waals surface area contributed by atoms with E-state index in [-0.39, 0.29) is 5.41 Å². The molecule has 0 spiro atoms. The van der Waals surface area contributed by atoms with Crippen molar-refractivity contribution in [2.75, 3.05) is 0 Å². The van der Waals surface area contributed by atoms with E-state index in [2.05, 4.69) is 39.0 Å². The van der Waals surface area contributed by atoms with Crippen molar-refractivity contribution in [2.45, 2.75) is 80.1 Å². The van der Waals surface area contributed by atoms with Crippen molar-refractivity contribution < 1.29 is 9.90 Å². The zero-order valence-corrected chi connectivity index (χ0v) is 17.7. The Morgan fingerprint density at radius 2 is 1.59 bits per heavy atom. The van der Waals surface area contributed by atoms with Gasteiger partial charge in [0.05, 0.1) is 18.1 Å². The van der Waals surface area contributed by atoms with Crippen molar-refractivity contribution in [3.8, 4) is 12.1 Å². The second-order valence-corrected chi connectivity index (χ2v) is 9.24. The van der Waals surface area contributed by atoms with Crippen LogP contribution in [-0.4, -0.2) is 11.1 Å². The third-order valence-corrected chi connectivity index (χ3v) is 6.14. The van der Waals surface area contributed by atoms with E-state index in [1.54, 1.807) is 0 Å². The van der Waals surface area contributed by atoms with E-state index >= 15 is 0 Å². The van der Waals surface area contributed by atoms with Gasteiger partial charge in [-0.3, -0.25) is 4.79 Å². The summed E-state index contributed by atoms with van der Waals surface area (Å²) in [5.74, 6) is -0.632. The number of carboxylic acids is 1. The first-order valence-corrected chi connectivity index (χ1v) is 9.77. The molecule has 0 aliphatic heterocycles. The smallest absolute Gasteiger partial charge is 0.324 e. The molecular formula is C23H34N2O2. The van der Waals surface area contributed by atoms with Gasteiger partial charge in [-0.25, -0.2) is 0 Å². The molecule has 0 heterocycles. The van der Waals surface area contributed by atoms with Crippen LogP contribution in [0.15, 0.2) is 23.3 Å². The lowest BCUT2D eigenvalue weighted by Crippen LogP contribution is -2.20. The number of allylic oxidation sites excluding steroid dienone is 4. The minimum atomic E-state index is -1.12. The van der Waals surface area contributed by atoms with Crippen LogP contribution in [0.25, 0.3) is 0 Å². The standard InChI is InChI=1S/C12H17NO2.C11H17N/c1-9(2)5-4-6-11(3)7-12(11,8-13)10(14)15;1-9(2)5-4-6-11(3)7-10(11)8-12/h5H,4,6-7H2,1-3H3,(H,14,15);5,10H,4,6-7H2,1-3H3. The number of nitriles is 2. The zero-order valence-electron chi connectivity index (χ0n) is 17.7. The molecule has 2 aliphatic rings. The topological polar surface area (TPSA) is 84.9 Å². The van der Waals surface area contributed by atoms with Gasteiger partial charge in [0, 0.05) is 0 Å². The molecule has 2 rings (SSSR count). The Morgan fingerprint density at radius 3 is 1.93 bits per heavy atom. The molecule has 2 aliphatic carbocycles. The van der Waals surface area contributed by atoms with Crippen LogP contribution in [0.3, 0.4) is 0 Å². The largest absolute Gasteiger partial charge is 0.480 e. The molecule has 4 atom stereocenters. The Morgan fingerprint density at radius 1 is 1.07 bits per heavy atom. The molecule has 148 valence electrons. The number of rotatable bonds is 7. The van der Waals surface area contributed by atoms with Crippen molar-refractivity contribution in [3.63, 3.8) is 0 Å². The molecular weight excluding hydrogens is 336 g/mol. The number of hydrogen-bond acceptors (Lipinski definition) is 3. The number of aliphatic carboxylic acids is 1. The maximum Gasteiger partial charge on any atom is 0.324 e. The first-order chi connectivity index (χ1) is 12.5. The Kier molecular flexibility index (Phi) is 7.44. The molecule has 0 amide bonds. The molecule has 2 fully saturated rings. The van der Waals surface area contributed by atoms with Gasteiger partial charge < -0.3 is 5.11 Å². The summed E-state index contributed by atoms with van der Waals surface area (Å²) in [6, 6.07) is 4.31. The van der Waals surface area contributed by atoms with E-state index in [9.17, 15) is 4.79 Å². The maximum atomic E-state index is 11.0. The van der Waals surface area contributed by atoms with Gasteiger partial charge in [0.2, 0.25) is 0 Å². The van der Waals surface area contributed by atoms with Crippen molar-refractivity contribution in [1.29, 1.82) is 10.5 Å². The van der Waals surface area contributed by atoms with Crippen LogP contribution in [0.5, 0.6) is 0 Å². The van der Waals surface area contributed by atoms with Crippen molar-refractivity contribution in [2.24, 2.45) is 22.2 Å². The van der Waals surface area contributed by atoms with Gasteiger partial charge in [0.1, 0.15) is 0 Å². The maximum absolute atomic E-state index is 11.0. The third kappa shape index (κ3) is 5.70. The second kappa shape index (κ2) is 8.75. The van der Waals surface area contributed by atoms with Crippen molar-refractivity contribution >= 4 is 5.97 Å². The van der Waals surface area contributed by atoms with Gasteiger partial charge in [0.25, 0.3) is 0 Å². The highest BCUT2D eigenvalue weighted by Crippen LogP contribution is 2.66. The van der Waals surface area contributed by atoms with Crippen LogP contribution >= 0.6 is 0 Å². The van der Waals surface area contributed by atoms with E-state index in [0.29, 0.717) is 17.8 Å². The van der Waals surface area contributed by atoms with Crippen LogP contribution in [0, 0.1) is 44.8 Å². The minimum Gasteiger partial charge on any atom is -0.480 e. The van der Waals surface area contributed by atoms with Gasteiger partial charge in [-0.15, -0.1) is 0 Å².